The Hall–Kier alpha value is -1.71. The van der Waals surface area contributed by atoms with Gasteiger partial charge in [0.05, 0.1) is 6.61 Å². The van der Waals surface area contributed by atoms with Crippen LogP contribution in [0.3, 0.4) is 0 Å². The van der Waals surface area contributed by atoms with E-state index in [1.54, 1.807) is 6.92 Å². The van der Waals surface area contributed by atoms with Gasteiger partial charge in [-0.15, -0.1) is 10.2 Å². The zero-order valence-electron chi connectivity index (χ0n) is 10.9. The Morgan fingerprint density at radius 3 is 2.55 bits per heavy atom. The van der Waals surface area contributed by atoms with Gasteiger partial charge in [-0.05, 0) is 20.8 Å². The van der Waals surface area contributed by atoms with Crippen molar-refractivity contribution in [3.05, 3.63) is 10.8 Å². The van der Waals surface area contributed by atoms with Crippen molar-refractivity contribution in [3.8, 4) is 0 Å². The van der Waals surface area contributed by atoms with Crippen LogP contribution in [0.25, 0.3) is 4.96 Å². The second-order valence-electron chi connectivity index (χ2n) is 4.47. The second kappa shape index (κ2) is 4.69. The highest BCUT2D eigenvalue weighted by Crippen LogP contribution is 2.33. The summed E-state index contributed by atoms with van der Waals surface area (Å²) >= 11 is 0.873. The predicted octanol–water partition coefficient (Wildman–Crippen LogP) is 2.05. The molecular weight excluding hydrogens is 297 g/mol. The van der Waals surface area contributed by atoms with Gasteiger partial charge in [0.25, 0.3) is 5.82 Å². The van der Waals surface area contributed by atoms with E-state index >= 15 is 0 Å². The van der Waals surface area contributed by atoms with Gasteiger partial charge in [0, 0.05) is 0 Å². The molecule has 110 valence electrons. The minimum Gasteiger partial charge on any atom is -0.465 e. The largest absolute Gasteiger partial charge is 0.465 e. The molecule has 2 heterocycles. The van der Waals surface area contributed by atoms with Crippen molar-refractivity contribution in [1.29, 1.82) is 0 Å². The van der Waals surface area contributed by atoms with Crippen LogP contribution >= 0.6 is 11.3 Å². The number of carbonyl (C=O) groups is 1. The average molecular weight is 308 g/mol. The topological polar surface area (TPSA) is 69.4 Å². The molecule has 0 spiro atoms. The summed E-state index contributed by atoms with van der Waals surface area (Å²) in [5.74, 6) is -1.77. The fourth-order valence-electron chi connectivity index (χ4n) is 1.45. The molecule has 0 amide bonds. The lowest BCUT2D eigenvalue weighted by Gasteiger charge is -2.18. The summed E-state index contributed by atoms with van der Waals surface area (Å²) in [6.45, 7) is 4.89. The molecule has 6 nitrogen and oxygen atoms in total. The van der Waals surface area contributed by atoms with E-state index < -0.39 is 23.4 Å². The van der Waals surface area contributed by atoms with Gasteiger partial charge in [-0.3, -0.25) is 4.79 Å². The lowest BCUT2D eigenvalue weighted by molar-refractivity contribution is -0.148. The number of esters is 1. The van der Waals surface area contributed by atoms with Crippen LogP contribution in [0.1, 0.15) is 31.6 Å². The molecule has 0 aliphatic heterocycles. The van der Waals surface area contributed by atoms with Gasteiger partial charge in [0.2, 0.25) is 4.96 Å². The number of carbonyl (C=O) groups excluding carboxylic acids is 1. The van der Waals surface area contributed by atoms with E-state index in [9.17, 15) is 18.0 Å². The first-order valence-corrected chi connectivity index (χ1v) is 6.46. The molecule has 0 N–H and O–H groups in total. The number of ether oxygens (including phenoxy) is 1. The van der Waals surface area contributed by atoms with E-state index in [0.717, 1.165) is 11.3 Å². The Morgan fingerprint density at radius 1 is 1.35 bits per heavy atom. The highest BCUT2D eigenvalue weighted by Gasteiger charge is 2.41. The number of alkyl halides is 3. The lowest BCUT2D eigenvalue weighted by Crippen LogP contribution is -2.31. The van der Waals surface area contributed by atoms with Crippen molar-refractivity contribution in [2.75, 3.05) is 6.61 Å². The second-order valence-corrected chi connectivity index (χ2v) is 5.42. The van der Waals surface area contributed by atoms with Gasteiger partial charge < -0.3 is 4.74 Å². The van der Waals surface area contributed by atoms with E-state index in [1.807, 2.05) is 0 Å². The summed E-state index contributed by atoms with van der Waals surface area (Å²) in [7, 11) is 0. The highest BCUT2D eigenvalue weighted by molar-refractivity contribution is 7.16. The van der Waals surface area contributed by atoms with E-state index in [2.05, 4.69) is 15.3 Å². The molecule has 0 aromatic carbocycles. The maximum Gasteiger partial charge on any atom is 0.453 e. The monoisotopic (exact) mass is 308 g/mol. The maximum atomic E-state index is 12.7. The first-order chi connectivity index (χ1) is 9.17. The molecule has 20 heavy (non-hydrogen) atoms. The number of fused-ring (bicyclic) bond motifs is 1. The van der Waals surface area contributed by atoms with Crippen LogP contribution in [-0.4, -0.2) is 32.4 Å². The van der Waals surface area contributed by atoms with Gasteiger partial charge in [-0.25, -0.2) is 0 Å². The Kier molecular flexibility index (Phi) is 3.44. The number of halogens is 3. The minimum absolute atomic E-state index is 0.0234. The lowest BCUT2D eigenvalue weighted by atomic mass is 9.95. The fraction of sp³-hybridized carbons (Fsp3) is 0.600. The molecule has 0 unspecified atom stereocenters. The Labute approximate surface area is 115 Å². The minimum atomic E-state index is -4.65. The van der Waals surface area contributed by atoms with Crippen LogP contribution in [0.2, 0.25) is 0 Å². The molecule has 0 bridgehead atoms. The van der Waals surface area contributed by atoms with Crippen molar-refractivity contribution in [2.45, 2.75) is 32.4 Å². The van der Waals surface area contributed by atoms with Crippen molar-refractivity contribution < 1.29 is 22.7 Å². The smallest absolute Gasteiger partial charge is 0.453 e. The number of hydrogen-bond donors (Lipinski definition) is 0. The van der Waals surface area contributed by atoms with Crippen molar-refractivity contribution >= 4 is 22.3 Å². The predicted molar refractivity (Wildman–Crippen MR) is 63.3 cm³/mol. The average Bonchev–Trinajstić information content (AvgIpc) is 2.86. The molecule has 0 aliphatic carbocycles. The number of nitrogens with zero attached hydrogens (tertiary/aromatic N) is 4. The molecular formula is C10H11F3N4O2S. The SMILES string of the molecule is CCOC(=O)C(C)(C)c1nn2c(C(F)(F)F)nnc2s1. The summed E-state index contributed by atoms with van der Waals surface area (Å²) in [5.41, 5.74) is -1.15. The number of hydrogen-bond acceptors (Lipinski definition) is 6. The summed E-state index contributed by atoms with van der Waals surface area (Å²) in [5, 5.41) is 10.5. The standard InChI is InChI=1S/C10H11F3N4O2S/c1-4-19-7(18)9(2,3)6-16-17-5(10(11,12)13)14-15-8(17)20-6/h4H2,1-3H3. The zero-order valence-corrected chi connectivity index (χ0v) is 11.7. The first-order valence-electron chi connectivity index (χ1n) is 5.65. The van der Waals surface area contributed by atoms with Crippen LogP contribution < -0.4 is 0 Å². The molecule has 2 aromatic rings. The summed E-state index contributed by atoms with van der Waals surface area (Å²) < 4.78 is 43.5. The molecule has 0 aliphatic rings. The normalized spacial score (nSPS) is 12.9. The quantitative estimate of drug-likeness (QED) is 0.812. The third-order valence-corrected chi connectivity index (χ3v) is 3.79. The van der Waals surface area contributed by atoms with Crippen molar-refractivity contribution in [1.82, 2.24) is 19.8 Å². The number of rotatable bonds is 3. The molecule has 0 fully saturated rings. The van der Waals surface area contributed by atoms with Gasteiger partial charge in [-0.2, -0.15) is 22.8 Å². The van der Waals surface area contributed by atoms with Gasteiger partial charge >= 0.3 is 12.1 Å². The molecule has 2 aromatic heterocycles. The fourth-order valence-corrected chi connectivity index (χ4v) is 2.37. The Morgan fingerprint density at radius 2 is 2.00 bits per heavy atom. The molecule has 2 rings (SSSR count). The van der Waals surface area contributed by atoms with E-state index in [1.165, 1.54) is 13.8 Å². The van der Waals surface area contributed by atoms with Gasteiger partial charge in [0.1, 0.15) is 10.4 Å². The van der Waals surface area contributed by atoms with Crippen LogP contribution in [0.5, 0.6) is 0 Å². The van der Waals surface area contributed by atoms with Gasteiger partial charge in [0.15, 0.2) is 0 Å². The van der Waals surface area contributed by atoms with E-state index in [4.69, 9.17) is 4.74 Å². The highest BCUT2D eigenvalue weighted by atomic mass is 32.1. The first kappa shape index (κ1) is 14.7. The third-order valence-electron chi connectivity index (χ3n) is 2.56. The molecule has 10 heteroatoms. The Balaban J connectivity index is 2.47. The molecule has 0 saturated heterocycles. The Bertz CT molecular complexity index is 646. The van der Waals surface area contributed by atoms with Crippen LogP contribution in [0, 0.1) is 0 Å². The summed E-state index contributed by atoms with van der Waals surface area (Å²) in [6, 6.07) is 0. The third kappa shape index (κ3) is 2.35. The molecule has 0 atom stereocenters. The number of aromatic nitrogens is 4. The van der Waals surface area contributed by atoms with Crippen molar-refractivity contribution in [2.24, 2.45) is 0 Å². The van der Waals surface area contributed by atoms with E-state index in [-0.39, 0.29) is 16.6 Å². The zero-order chi connectivity index (χ0) is 15.1. The maximum absolute atomic E-state index is 12.7. The summed E-state index contributed by atoms with van der Waals surface area (Å²) in [6.07, 6.45) is -4.65. The summed E-state index contributed by atoms with van der Waals surface area (Å²) in [4.78, 5) is 11.8. The van der Waals surface area contributed by atoms with Crippen LogP contribution in [-0.2, 0) is 21.1 Å². The van der Waals surface area contributed by atoms with Crippen LogP contribution in [0.4, 0.5) is 13.2 Å². The molecule has 0 saturated carbocycles. The van der Waals surface area contributed by atoms with Crippen LogP contribution in [0.15, 0.2) is 0 Å². The van der Waals surface area contributed by atoms with Gasteiger partial charge in [-0.1, -0.05) is 11.3 Å². The van der Waals surface area contributed by atoms with Crippen molar-refractivity contribution in [3.63, 3.8) is 0 Å². The molecule has 0 radical (unpaired) electrons. The van der Waals surface area contributed by atoms with E-state index in [0.29, 0.717) is 4.52 Å².